The van der Waals surface area contributed by atoms with E-state index in [2.05, 4.69) is 61.5 Å². The molecule has 0 heterocycles. The summed E-state index contributed by atoms with van der Waals surface area (Å²) in [5.41, 5.74) is 2.82. The first-order valence-corrected chi connectivity index (χ1v) is 10.3. The summed E-state index contributed by atoms with van der Waals surface area (Å²) in [6.45, 7) is 0.908. The fraction of sp³-hybridized carbons (Fsp3) is 0.440. The molecule has 3 nitrogen and oxygen atoms in total. The molecule has 1 aliphatic carbocycles. The number of nitrogens with zero attached hydrogens (tertiary/aromatic N) is 1. The number of aliphatic hydroxyl groups is 1. The zero-order valence-corrected chi connectivity index (χ0v) is 17.4. The number of hydrogen-bond acceptors (Lipinski definition) is 3. The van der Waals surface area contributed by atoms with Gasteiger partial charge < -0.3 is 14.7 Å². The molecule has 2 atom stereocenters. The number of methoxy groups -OCH3 is 1. The topological polar surface area (TPSA) is 32.7 Å². The maximum absolute atomic E-state index is 11.9. The largest absolute Gasteiger partial charge is 0.497 e. The minimum Gasteiger partial charge on any atom is -0.497 e. The van der Waals surface area contributed by atoms with Gasteiger partial charge in [-0.3, -0.25) is 0 Å². The first-order chi connectivity index (χ1) is 13.5. The van der Waals surface area contributed by atoms with E-state index in [-0.39, 0.29) is 5.92 Å². The predicted octanol–water partition coefficient (Wildman–Crippen LogP) is 4.80. The average Bonchev–Trinajstić information content (AvgIpc) is 2.71. The molecule has 1 aliphatic rings. The van der Waals surface area contributed by atoms with Crippen LogP contribution in [0, 0.1) is 5.92 Å². The van der Waals surface area contributed by atoms with Crippen LogP contribution in [-0.2, 0) is 6.42 Å². The molecule has 0 aromatic heterocycles. The van der Waals surface area contributed by atoms with E-state index < -0.39 is 5.60 Å². The number of hydrogen-bond donors (Lipinski definition) is 1. The van der Waals surface area contributed by atoms with E-state index in [9.17, 15) is 5.11 Å². The fourth-order valence-electron chi connectivity index (χ4n) is 4.38. The fourth-order valence-corrected chi connectivity index (χ4v) is 4.38. The summed E-state index contributed by atoms with van der Waals surface area (Å²) >= 11 is 0. The second-order valence-corrected chi connectivity index (χ2v) is 8.20. The van der Waals surface area contributed by atoms with Crippen LogP contribution in [-0.4, -0.2) is 43.4 Å². The highest BCUT2D eigenvalue weighted by molar-refractivity contribution is 5.56. The van der Waals surface area contributed by atoms with Crippen LogP contribution in [0.4, 0.5) is 0 Å². The van der Waals surface area contributed by atoms with Gasteiger partial charge in [0.15, 0.2) is 0 Å². The van der Waals surface area contributed by atoms with Gasteiger partial charge in [0.05, 0.1) is 12.7 Å². The lowest BCUT2D eigenvalue weighted by Gasteiger charge is -2.43. The lowest BCUT2D eigenvalue weighted by atomic mass is 9.68. The van der Waals surface area contributed by atoms with Gasteiger partial charge in [-0.1, -0.05) is 48.5 Å². The van der Waals surface area contributed by atoms with Gasteiger partial charge in [-0.2, -0.15) is 0 Å². The van der Waals surface area contributed by atoms with E-state index >= 15 is 0 Å². The second-order valence-electron chi connectivity index (χ2n) is 8.20. The monoisotopic (exact) mass is 379 g/mol. The van der Waals surface area contributed by atoms with Crippen molar-refractivity contribution in [1.29, 1.82) is 0 Å². The van der Waals surface area contributed by atoms with Gasteiger partial charge in [-0.15, -0.1) is 0 Å². The standard InChI is InChI=1S/C25H33NO2/c1-26(2)19-23-11-7-10-22(18-21-12-14-24(28-3)15-13-21)25(23,27)17-16-20-8-5-4-6-9-20/h4-6,8-9,12-15,18,23,27H,7,10-11,16-17,19H2,1-3H3/b22-18+. The van der Waals surface area contributed by atoms with Gasteiger partial charge in [0.25, 0.3) is 0 Å². The van der Waals surface area contributed by atoms with Crippen molar-refractivity contribution in [2.24, 2.45) is 5.92 Å². The molecule has 0 amide bonds. The second kappa shape index (κ2) is 9.40. The molecule has 0 aliphatic heterocycles. The predicted molar refractivity (Wildman–Crippen MR) is 117 cm³/mol. The molecule has 0 radical (unpaired) electrons. The van der Waals surface area contributed by atoms with Crippen LogP contribution in [0.15, 0.2) is 60.2 Å². The van der Waals surface area contributed by atoms with Crippen LogP contribution in [0.25, 0.3) is 6.08 Å². The maximum Gasteiger partial charge on any atom is 0.118 e. The maximum atomic E-state index is 11.9. The summed E-state index contributed by atoms with van der Waals surface area (Å²) in [6.07, 6.45) is 7.02. The Balaban J connectivity index is 1.88. The quantitative estimate of drug-likeness (QED) is 0.750. The molecule has 1 N–H and O–H groups in total. The molecular weight excluding hydrogens is 346 g/mol. The third-order valence-electron chi connectivity index (χ3n) is 5.91. The van der Waals surface area contributed by atoms with Gasteiger partial charge in [0.2, 0.25) is 0 Å². The smallest absolute Gasteiger partial charge is 0.118 e. The van der Waals surface area contributed by atoms with Crippen molar-refractivity contribution >= 4 is 6.08 Å². The van der Waals surface area contributed by atoms with Crippen molar-refractivity contribution < 1.29 is 9.84 Å². The van der Waals surface area contributed by atoms with Gasteiger partial charge in [-0.05, 0) is 75.0 Å². The summed E-state index contributed by atoms with van der Waals surface area (Å²) in [7, 11) is 5.88. The first-order valence-electron chi connectivity index (χ1n) is 10.3. The highest BCUT2D eigenvalue weighted by atomic mass is 16.5. The molecule has 0 saturated heterocycles. The lowest BCUT2D eigenvalue weighted by Crippen LogP contribution is -2.47. The Bertz CT molecular complexity index is 767. The number of rotatable bonds is 7. The molecule has 0 bridgehead atoms. The molecule has 28 heavy (non-hydrogen) atoms. The van der Waals surface area contributed by atoms with Gasteiger partial charge in [0, 0.05) is 12.5 Å². The van der Waals surface area contributed by atoms with E-state index in [1.165, 1.54) is 11.1 Å². The van der Waals surface area contributed by atoms with E-state index in [0.717, 1.165) is 50.0 Å². The zero-order valence-electron chi connectivity index (χ0n) is 17.4. The Labute approximate surface area is 169 Å². The van der Waals surface area contributed by atoms with Crippen LogP contribution in [0.1, 0.15) is 36.8 Å². The highest BCUT2D eigenvalue weighted by Crippen LogP contribution is 2.42. The average molecular weight is 380 g/mol. The molecule has 2 unspecified atom stereocenters. The van der Waals surface area contributed by atoms with Crippen LogP contribution >= 0.6 is 0 Å². The minimum atomic E-state index is -0.766. The summed E-state index contributed by atoms with van der Waals surface area (Å²) in [6, 6.07) is 18.6. The zero-order chi connectivity index (χ0) is 20.0. The molecule has 3 heteroatoms. The number of aryl methyl sites for hydroxylation is 1. The lowest BCUT2D eigenvalue weighted by molar-refractivity contribution is -0.0192. The van der Waals surface area contributed by atoms with E-state index in [0.29, 0.717) is 0 Å². The SMILES string of the molecule is COc1ccc(/C=C2\CCCC(CN(C)C)C2(O)CCc2ccccc2)cc1. The Kier molecular flexibility index (Phi) is 6.93. The summed E-state index contributed by atoms with van der Waals surface area (Å²) in [5.74, 6) is 1.11. The van der Waals surface area contributed by atoms with Gasteiger partial charge >= 0.3 is 0 Å². The molecule has 3 rings (SSSR count). The van der Waals surface area contributed by atoms with Crippen molar-refractivity contribution in [2.75, 3.05) is 27.7 Å². The van der Waals surface area contributed by atoms with E-state index in [1.807, 2.05) is 18.2 Å². The molecule has 0 spiro atoms. The van der Waals surface area contributed by atoms with Crippen LogP contribution < -0.4 is 4.74 Å². The molecule has 2 aromatic rings. The Hall–Kier alpha value is -2.10. The molecule has 2 aromatic carbocycles. The molecule has 1 saturated carbocycles. The Morgan fingerprint density at radius 1 is 1.11 bits per heavy atom. The van der Waals surface area contributed by atoms with Crippen molar-refractivity contribution in [1.82, 2.24) is 4.90 Å². The Morgan fingerprint density at radius 3 is 2.46 bits per heavy atom. The van der Waals surface area contributed by atoms with Crippen LogP contribution in [0.2, 0.25) is 0 Å². The summed E-state index contributed by atoms with van der Waals surface area (Å²) in [4.78, 5) is 2.20. The van der Waals surface area contributed by atoms with Gasteiger partial charge in [0.1, 0.15) is 5.75 Å². The minimum absolute atomic E-state index is 0.254. The highest BCUT2D eigenvalue weighted by Gasteiger charge is 2.42. The molecule has 150 valence electrons. The van der Waals surface area contributed by atoms with E-state index in [1.54, 1.807) is 7.11 Å². The third kappa shape index (κ3) is 5.03. The van der Waals surface area contributed by atoms with Crippen molar-refractivity contribution in [3.05, 3.63) is 71.3 Å². The number of benzene rings is 2. The summed E-state index contributed by atoms with van der Waals surface area (Å²) < 4.78 is 5.27. The van der Waals surface area contributed by atoms with Gasteiger partial charge in [-0.25, -0.2) is 0 Å². The third-order valence-corrected chi connectivity index (χ3v) is 5.91. The van der Waals surface area contributed by atoms with Crippen molar-refractivity contribution in [3.63, 3.8) is 0 Å². The number of ether oxygens (including phenoxy) is 1. The van der Waals surface area contributed by atoms with E-state index in [4.69, 9.17) is 4.74 Å². The normalized spacial score (nSPS) is 23.9. The van der Waals surface area contributed by atoms with Crippen LogP contribution in [0.5, 0.6) is 5.75 Å². The first kappa shape index (κ1) is 20.6. The van der Waals surface area contributed by atoms with Crippen LogP contribution in [0.3, 0.4) is 0 Å². The Morgan fingerprint density at radius 2 is 1.82 bits per heavy atom. The van der Waals surface area contributed by atoms with Crippen molar-refractivity contribution in [3.8, 4) is 5.75 Å². The van der Waals surface area contributed by atoms with Crippen molar-refractivity contribution in [2.45, 2.75) is 37.7 Å². The summed E-state index contributed by atoms with van der Waals surface area (Å²) in [5, 5.41) is 11.9. The molecular formula is C25H33NO2. The molecule has 1 fully saturated rings.